The Kier molecular flexibility index (Phi) is 2.60. The molecule has 2 fully saturated rings. The molecule has 1 aliphatic carbocycles. The van der Waals surface area contributed by atoms with E-state index in [4.69, 9.17) is 0 Å². The number of nitrogens with one attached hydrogen (secondary N) is 1. The molecule has 0 unspecified atom stereocenters. The highest BCUT2D eigenvalue weighted by Gasteiger charge is 2.34. The largest absolute Gasteiger partial charge is 0.366 e. The highest BCUT2D eigenvalue weighted by molar-refractivity contribution is 5.50. The van der Waals surface area contributed by atoms with Gasteiger partial charge in [-0.15, -0.1) is 0 Å². The summed E-state index contributed by atoms with van der Waals surface area (Å²) in [5.41, 5.74) is 2.78. The molecule has 1 heterocycles. The molecule has 1 saturated carbocycles. The third kappa shape index (κ3) is 1.71. The topological polar surface area (TPSA) is 15.3 Å². The number of fused-ring (bicyclic) bond motifs is 1. The molecule has 86 valence electrons. The van der Waals surface area contributed by atoms with E-state index in [-0.39, 0.29) is 0 Å². The second-order valence-electron chi connectivity index (χ2n) is 5.09. The van der Waals surface area contributed by atoms with Crippen molar-refractivity contribution in [1.82, 2.24) is 5.32 Å². The quantitative estimate of drug-likeness (QED) is 0.775. The Morgan fingerprint density at radius 2 is 2.25 bits per heavy atom. The van der Waals surface area contributed by atoms with Crippen molar-refractivity contribution in [2.24, 2.45) is 0 Å². The average molecular weight is 216 g/mol. The molecule has 16 heavy (non-hydrogen) atoms. The molecule has 3 rings (SSSR count). The van der Waals surface area contributed by atoms with Crippen molar-refractivity contribution >= 4 is 5.69 Å². The van der Waals surface area contributed by atoms with Crippen LogP contribution in [0.15, 0.2) is 24.3 Å². The Bertz CT molecular complexity index is 375. The van der Waals surface area contributed by atoms with Gasteiger partial charge in [-0.05, 0) is 43.9 Å². The smallest absolute Gasteiger partial charge is 0.0443 e. The molecular weight excluding hydrogens is 196 g/mol. The zero-order chi connectivity index (χ0) is 11.0. The number of nitrogens with zero attached hydrogens (tertiary/aromatic N) is 1. The molecule has 0 bridgehead atoms. The zero-order valence-corrected chi connectivity index (χ0v) is 9.95. The number of rotatable bonds is 1. The van der Waals surface area contributed by atoms with Gasteiger partial charge in [0.15, 0.2) is 0 Å². The van der Waals surface area contributed by atoms with Crippen LogP contribution in [0.3, 0.4) is 0 Å². The van der Waals surface area contributed by atoms with Crippen LogP contribution in [0.1, 0.15) is 24.8 Å². The number of hydrogen-bond acceptors (Lipinski definition) is 2. The van der Waals surface area contributed by atoms with Crippen LogP contribution in [0, 0.1) is 6.92 Å². The normalized spacial score (nSPS) is 29.2. The van der Waals surface area contributed by atoms with Crippen LogP contribution in [-0.2, 0) is 0 Å². The second kappa shape index (κ2) is 4.10. The molecule has 1 aliphatic heterocycles. The van der Waals surface area contributed by atoms with E-state index < -0.39 is 0 Å². The van der Waals surface area contributed by atoms with Crippen LogP contribution in [-0.4, -0.2) is 25.2 Å². The van der Waals surface area contributed by atoms with Gasteiger partial charge in [0.1, 0.15) is 0 Å². The fourth-order valence-electron chi connectivity index (χ4n) is 3.22. The highest BCUT2D eigenvalue weighted by Crippen LogP contribution is 2.30. The van der Waals surface area contributed by atoms with E-state index in [1.54, 1.807) is 0 Å². The van der Waals surface area contributed by atoms with E-state index in [0.29, 0.717) is 0 Å². The van der Waals surface area contributed by atoms with Gasteiger partial charge in [0, 0.05) is 30.9 Å². The van der Waals surface area contributed by atoms with Gasteiger partial charge in [-0.1, -0.05) is 12.1 Å². The first-order chi connectivity index (χ1) is 7.84. The van der Waals surface area contributed by atoms with Gasteiger partial charge in [-0.2, -0.15) is 0 Å². The number of benzene rings is 1. The summed E-state index contributed by atoms with van der Waals surface area (Å²) in [5.74, 6) is 0. The van der Waals surface area contributed by atoms with Gasteiger partial charge in [0.2, 0.25) is 0 Å². The third-order valence-corrected chi connectivity index (χ3v) is 3.97. The third-order valence-electron chi connectivity index (χ3n) is 3.97. The van der Waals surface area contributed by atoms with Crippen molar-refractivity contribution in [2.75, 3.05) is 18.0 Å². The van der Waals surface area contributed by atoms with E-state index in [0.717, 1.165) is 25.2 Å². The monoisotopic (exact) mass is 216 g/mol. The second-order valence-corrected chi connectivity index (χ2v) is 5.09. The fourth-order valence-corrected chi connectivity index (χ4v) is 3.22. The minimum Gasteiger partial charge on any atom is -0.366 e. The number of piperazine rings is 1. The van der Waals surface area contributed by atoms with Crippen molar-refractivity contribution in [3.05, 3.63) is 29.8 Å². The first kappa shape index (κ1) is 10.2. The molecule has 2 heteroatoms. The minimum atomic E-state index is 0.731. The van der Waals surface area contributed by atoms with Crippen molar-refractivity contribution in [3.8, 4) is 0 Å². The van der Waals surface area contributed by atoms with E-state index in [1.165, 1.54) is 30.5 Å². The summed E-state index contributed by atoms with van der Waals surface area (Å²) in [6.45, 7) is 4.47. The van der Waals surface area contributed by atoms with Crippen LogP contribution in [0.5, 0.6) is 0 Å². The van der Waals surface area contributed by atoms with Gasteiger partial charge in [-0.25, -0.2) is 0 Å². The predicted molar refractivity (Wildman–Crippen MR) is 68.0 cm³/mol. The number of anilines is 1. The molecule has 2 atom stereocenters. The fraction of sp³-hybridized carbons (Fsp3) is 0.571. The Morgan fingerprint density at radius 1 is 1.31 bits per heavy atom. The molecule has 1 saturated heterocycles. The van der Waals surface area contributed by atoms with Crippen molar-refractivity contribution in [1.29, 1.82) is 0 Å². The van der Waals surface area contributed by atoms with Crippen molar-refractivity contribution < 1.29 is 0 Å². The number of aryl methyl sites for hydroxylation is 1. The van der Waals surface area contributed by atoms with Crippen LogP contribution < -0.4 is 10.2 Å². The van der Waals surface area contributed by atoms with Crippen LogP contribution in [0.2, 0.25) is 0 Å². The maximum atomic E-state index is 3.65. The van der Waals surface area contributed by atoms with Gasteiger partial charge in [0.25, 0.3) is 0 Å². The van der Waals surface area contributed by atoms with Crippen molar-refractivity contribution in [2.45, 2.75) is 38.3 Å². The van der Waals surface area contributed by atoms with Crippen LogP contribution in [0.4, 0.5) is 5.69 Å². The molecule has 0 aromatic heterocycles. The molecule has 0 amide bonds. The molecule has 2 nitrogen and oxygen atoms in total. The standard InChI is InChI=1S/C14H20N2/c1-11-4-2-5-12(10-11)16-9-8-15-13-6-3-7-14(13)16/h2,4-5,10,13-15H,3,6-9H2,1H3/t13-,14+/m1/s1. The Balaban J connectivity index is 1.88. The lowest BCUT2D eigenvalue weighted by Crippen LogP contribution is -2.55. The van der Waals surface area contributed by atoms with Crippen molar-refractivity contribution in [3.63, 3.8) is 0 Å². The summed E-state index contributed by atoms with van der Waals surface area (Å²) in [6.07, 6.45) is 4.09. The molecule has 0 radical (unpaired) electrons. The van der Waals surface area contributed by atoms with Crippen LogP contribution in [0.25, 0.3) is 0 Å². The highest BCUT2D eigenvalue weighted by atomic mass is 15.2. The summed E-state index contributed by atoms with van der Waals surface area (Å²) in [6, 6.07) is 10.4. The predicted octanol–water partition coefficient (Wildman–Crippen LogP) is 2.33. The Labute approximate surface area is 97.6 Å². The van der Waals surface area contributed by atoms with Gasteiger partial charge >= 0.3 is 0 Å². The molecule has 2 aliphatic rings. The lowest BCUT2D eigenvalue weighted by Gasteiger charge is -2.40. The van der Waals surface area contributed by atoms with E-state index in [9.17, 15) is 0 Å². The molecule has 1 aromatic carbocycles. The van der Waals surface area contributed by atoms with E-state index in [2.05, 4.69) is 41.4 Å². The lowest BCUT2D eigenvalue weighted by atomic mass is 10.1. The minimum absolute atomic E-state index is 0.731. The van der Waals surface area contributed by atoms with Gasteiger partial charge in [-0.3, -0.25) is 0 Å². The summed E-state index contributed by atoms with van der Waals surface area (Å²) in [7, 11) is 0. The Morgan fingerprint density at radius 3 is 3.12 bits per heavy atom. The molecule has 0 spiro atoms. The maximum absolute atomic E-state index is 3.65. The SMILES string of the molecule is Cc1cccc(N2CCN[C@@H]3CCC[C@@H]32)c1. The first-order valence-electron chi connectivity index (χ1n) is 6.41. The summed E-state index contributed by atoms with van der Waals surface area (Å²) in [5, 5.41) is 3.65. The molecule has 1 N–H and O–H groups in total. The zero-order valence-electron chi connectivity index (χ0n) is 9.95. The molecule has 1 aromatic rings. The van der Waals surface area contributed by atoms with Gasteiger partial charge in [0.05, 0.1) is 0 Å². The maximum Gasteiger partial charge on any atom is 0.0443 e. The Hall–Kier alpha value is -1.02. The van der Waals surface area contributed by atoms with Gasteiger partial charge < -0.3 is 10.2 Å². The summed E-state index contributed by atoms with van der Waals surface area (Å²) >= 11 is 0. The molecular formula is C14H20N2. The number of hydrogen-bond donors (Lipinski definition) is 1. The summed E-state index contributed by atoms with van der Waals surface area (Å²) < 4.78 is 0. The summed E-state index contributed by atoms with van der Waals surface area (Å²) in [4.78, 5) is 2.61. The lowest BCUT2D eigenvalue weighted by molar-refractivity contribution is 0.404. The van der Waals surface area contributed by atoms with Crippen LogP contribution >= 0.6 is 0 Å². The van der Waals surface area contributed by atoms with E-state index in [1.807, 2.05) is 0 Å². The van der Waals surface area contributed by atoms with E-state index >= 15 is 0 Å². The first-order valence-corrected chi connectivity index (χ1v) is 6.41. The average Bonchev–Trinajstić information content (AvgIpc) is 2.76.